The maximum Gasteiger partial charge on any atom is 0.306 e. The highest BCUT2D eigenvalue weighted by molar-refractivity contribution is 6.07. The number of carboxylic acid groups (broad SMARTS) is 1. The standard InChI is InChI=1S/C30H34N4O3/c1-3-6-22-11-16-26(29(35)32-24-12-7-23(8-13-24)30(36)37)28-27(22)19-31-34(28)20(2)21-9-14-25(15-10-21)33-17-4-5-18-33/h9-11,14-16,19-20,23-24H,4-5,7-8,12-13,17-18H2,1-2H3,(H,32,35)(H,36,37)/t20-,23?,24?/m1/s1. The van der Waals surface area contributed by atoms with E-state index in [2.05, 4.69) is 53.2 Å². The van der Waals surface area contributed by atoms with Crippen molar-refractivity contribution in [2.75, 3.05) is 18.0 Å². The fraction of sp³-hybridized carbons (Fsp3) is 0.433. The van der Waals surface area contributed by atoms with Gasteiger partial charge in [-0.3, -0.25) is 14.3 Å². The number of hydrogen-bond acceptors (Lipinski definition) is 4. The summed E-state index contributed by atoms with van der Waals surface area (Å²) in [5.41, 5.74) is 4.55. The van der Waals surface area contributed by atoms with Gasteiger partial charge in [0.15, 0.2) is 0 Å². The quantitative estimate of drug-likeness (QED) is 0.468. The summed E-state index contributed by atoms with van der Waals surface area (Å²) in [7, 11) is 0. The first kappa shape index (κ1) is 24.9. The molecule has 1 saturated heterocycles. The van der Waals surface area contributed by atoms with Gasteiger partial charge in [0.25, 0.3) is 5.91 Å². The van der Waals surface area contributed by atoms with Crippen LogP contribution in [0.4, 0.5) is 5.69 Å². The molecule has 7 nitrogen and oxygen atoms in total. The number of nitrogens with one attached hydrogen (secondary N) is 1. The van der Waals surface area contributed by atoms with Gasteiger partial charge >= 0.3 is 5.97 Å². The van der Waals surface area contributed by atoms with Crippen LogP contribution in [0, 0.1) is 17.8 Å². The normalized spacial score (nSPS) is 20.3. The number of nitrogens with zero attached hydrogens (tertiary/aromatic N) is 3. The lowest BCUT2D eigenvalue weighted by Gasteiger charge is -2.27. The molecule has 192 valence electrons. The second kappa shape index (κ2) is 10.7. The Balaban J connectivity index is 1.44. The highest BCUT2D eigenvalue weighted by Gasteiger charge is 2.28. The Bertz CT molecular complexity index is 1350. The number of hydrogen-bond donors (Lipinski definition) is 2. The Morgan fingerprint density at radius 3 is 2.41 bits per heavy atom. The van der Waals surface area contributed by atoms with Crippen molar-refractivity contribution in [3.8, 4) is 11.8 Å². The lowest BCUT2D eigenvalue weighted by Crippen LogP contribution is -2.39. The fourth-order valence-corrected chi connectivity index (χ4v) is 5.71. The Labute approximate surface area is 217 Å². The third-order valence-electron chi connectivity index (χ3n) is 7.89. The van der Waals surface area contributed by atoms with Crippen molar-refractivity contribution in [3.63, 3.8) is 0 Å². The van der Waals surface area contributed by atoms with Gasteiger partial charge < -0.3 is 15.3 Å². The molecule has 1 saturated carbocycles. The summed E-state index contributed by atoms with van der Waals surface area (Å²) in [4.78, 5) is 27.2. The summed E-state index contributed by atoms with van der Waals surface area (Å²) in [6, 6.07) is 12.3. The van der Waals surface area contributed by atoms with E-state index < -0.39 is 5.97 Å². The minimum absolute atomic E-state index is 0.0276. The van der Waals surface area contributed by atoms with Gasteiger partial charge in [-0.15, -0.1) is 5.92 Å². The van der Waals surface area contributed by atoms with Crippen LogP contribution in [-0.2, 0) is 4.79 Å². The molecule has 3 aromatic rings. The molecule has 37 heavy (non-hydrogen) atoms. The van der Waals surface area contributed by atoms with Gasteiger partial charge in [0.2, 0.25) is 0 Å². The summed E-state index contributed by atoms with van der Waals surface area (Å²) in [6.07, 6.45) is 6.80. The van der Waals surface area contributed by atoms with Gasteiger partial charge in [-0.25, -0.2) is 0 Å². The monoisotopic (exact) mass is 498 g/mol. The third-order valence-corrected chi connectivity index (χ3v) is 7.89. The molecule has 2 aliphatic rings. The van der Waals surface area contributed by atoms with Crippen LogP contribution in [-0.4, -0.2) is 45.9 Å². The van der Waals surface area contributed by atoms with Gasteiger partial charge in [-0.2, -0.15) is 5.10 Å². The van der Waals surface area contributed by atoms with E-state index in [1.54, 1.807) is 13.1 Å². The zero-order valence-corrected chi connectivity index (χ0v) is 21.5. The van der Waals surface area contributed by atoms with Crippen LogP contribution in [0.3, 0.4) is 0 Å². The summed E-state index contributed by atoms with van der Waals surface area (Å²) in [5.74, 6) is 4.90. The lowest BCUT2D eigenvalue weighted by atomic mass is 9.86. The Morgan fingerprint density at radius 2 is 1.76 bits per heavy atom. The van der Waals surface area contributed by atoms with E-state index in [1.165, 1.54) is 18.5 Å². The van der Waals surface area contributed by atoms with E-state index >= 15 is 0 Å². The minimum Gasteiger partial charge on any atom is -0.481 e. The van der Waals surface area contributed by atoms with Crippen LogP contribution >= 0.6 is 0 Å². The molecule has 2 fully saturated rings. The number of aromatic nitrogens is 2. The third kappa shape index (κ3) is 5.06. The molecule has 1 aromatic heterocycles. The van der Waals surface area contributed by atoms with Crippen LogP contribution in [0.1, 0.15) is 79.9 Å². The van der Waals surface area contributed by atoms with Gasteiger partial charge in [-0.1, -0.05) is 18.1 Å². The maximum absolute atomic E-state index is 13.5. The maximum atomic E-state index is 13.5. The fourth-order valence-electron chi connectivity index (χ4n) is 5.71. The minimum atomic E-state index is -0.745. The van der Waals surface area contributed by atoms with Crippen LogP contribution in [0.15, 0.2) is 42.6 Å². The van der Waals surface area contributed by atoms with E-state index in [4.69, 9.17) is 5.10 Å². The number of carboxylic acids is 1. The van der Waals surface area contributed by atoms with Crippen LogP contribution in [0.5, 0.6) is 0 Å². The number of amides is 1. The number of carbonyl (C=O) groups is 2. The molecule has 5 rings (SSSR count). The Kier molecular flexibility index (Phi) is 7.18. The first-order chi connectivity index (χ1) is 18.0. The van der Waals surface area contributed by atoms with Gasteiger partial charge in [0.05, 0.1) is 29.2 Å². The number of anilines is 1. The topological polar surface area (TPSA) is 87.5 Å². The molecule has 0 radical (unpaired) electrons. The van der Waals surface area contributed by atoms with Gasteiger partial charge in [-0.05, 0) is 82.2 Å². The van der Waals surface area contributed by atoms with E-state index in [0.29, 0.717) is 31.2 Å². The molecule has 2 heterocycles. The van der Waals surface area contributed by atoms with Crippen LogP contribution < -0.4 is 10.2 Å². The SMILES string of the molecule is CC#Cc1ccc(C(=O)NC2CCC(C(=O)O)CC2)c2c1cnn2[C@H](C)c1ccc(N2CCCC2)cc1. The summed E-state index contributed by atoms with van der Waals surface area (Å²) < 4.78 is 1.93. The van der Waals surface area contributed by atoms with Gasteiger partial charge in [0.1, 0.15) is 0 Å². The summed E-state index contributed by atoms with van der Waals surface area (Å²) in [6.45, 7) is 6.12. The predicted octanol–water partition coefficient (Wildman–Crippen LogP) is 4.99. The molecule has 1 atom stereocenters. The van der Waals surface area contributed by atoms with Crippen LogP contribution in [0.25, 0.3) is 10.9 Å². The molecule has 1 aliphatic heterocycles. The van der Waals surface area contributed by atoms with Crippen LogP contribution in [0.2, 0.25) is 0 Å². The average Bonchev–Trinajstić information content (AvgIpc) is 3.60. The second-order valence-electron chi connectivity index (χ2n) is 10.2. The molecule has 0 bridgehead atoms. The van der Waals surface area contributed by atoms with Crippen molar-refractivity contribution < 1.29 is 14.7 Å². The molecule has 1 aliphatic carbocycles. The van der Waals surface area contributed by atoms with Crippen molar-refractivity contribution in [1.29, 1.82) is 0 Å². The molecule has 0 unspecified atom stereocenters. The molecule has 7 heteroatoms. The largest absolute Gasteiger partial charge is 0.481 e. The smallest absolute Gasteiger partial charge is 0.306 e. The van der Waals surface area contributed by atoms with Crippen molar-refractivity contribution >= 4 is 28.5 Å². The zero-order valence-electron chi connectivity index (χ0n) is 21.5. The number of benzene rings is 2. The van der Waals surface area contributed by atoms with E-state index in [9.17, 15) is 14.7 Å². The first-order valence-electron chi connectivity index (χ1n) is 13.3. The molecule has 0 spiro atoms. The predicted molar refractivity (Wildman–Crippen MR) is 145 cm³/mol. The highest BCUT2D eigenvalue weighted by Crippen LogP contribution is 2.30. The van der Waals surface area contributed by atoms with Crippen molar-refractivity contribution in [3.05, 3.63) is 59.3 Å². The Morgan fingerprint density at radius 1 is 1.05 bits per heavy atom. The second-order valence-corrected chi connectivity index (χ2v) is 10.2. The number of fused-ring (bicyclic) bond motifs is 1. The lowest BCUT2D eigenvalue weighted by molar-refractivity contribution is -0.142. The van der Waals surface area contributed by atoms with E-state index in [1.807, 2.05) is 16.8 Å². The van der Waals surface area contributed by atoms with E-state index in [0.717, 1.165) is 35.1 Å². The molecule has 1 amide bonds. The number of rotatable bonds is 6. The zero-order chi connectivity index (χ0) is 25.9. The van der Waals surface area contributed by atoms with Crippen molar-refractivity contribution in [2.45, 2.75) is 64.5 Å². The summed E-state index contributed by atoms with van der Waals surface area (Å²) in [5, 5.41) is 18.0. The Hall–Kier alpha value is -3.79. The first-order valence-corrected chi connectivity index (χ1v) is 13.3. The summed E-state index contributed by atoms with van der Waals surface area (Å²) >= 11 is 0. The molecular weight excluding hydrogens is 464 g/mol. The number of carbonyl (C=O) groups excluding carboxylic acids is 1. The van der Waals surface area contributed by atoms with E-state index in [-0.39, 0.29) is 23.9 Å². The molecule has 2 aromatic carbocycles. The van der Waals surface area contributed by atoms with Crippen molar-refractivity contribution in [1.82, 2.24) is 15.1 Å². The molecular formula is C30H34N4O3. The molecule has 2 N–H and O–H groups in total. The average molecular weight is 499 g/mol. The number of aliphatic carboxylic acids is 1. The van der Waals surface area contributed by atoms with Gasteiger partial charge in [0, 0.05) is 35.8 Å². The van der Waals surface area contributed by atoms with Crippen molar-refractivity contribution in [2.24, 2.45) is 5.92 Å². The highest BCUT2D eigenvalue weighted by atomic mass is 16.4.